The van der Waals surface area contributed by atoms with E-state index in [-0.39, 0.29) is 5.91 Å². The van der Waals surface area contributed by atoms with Gasteiger partial charge in [0.05, 0.1) is 20.3 Å². The van der Waals surface area contributed by atoms with Crippen LogP contribution in [-0.2, 0) is 0 Å². The Morgan fingerprint density at radius 3 is 2.32 bits per heavy atom. The van der Waals surface area contributed by atoms with Crippen molar-refractivity contribution >= 4 is 5.91 Å². The summed E-state index contributed by atoms with van der Waals surface area (Å²) in [4.78, 5) is 14.0. The minimum Gasteiger partial charge on any atom is -0.496 e. The average molecular weight is 265 g/mol. The van der Waals surface area contributed by atoms with Crippen LogP contribution in [0.2, 0.25) is 0 Å². The van der Waals surface area contributed by atoms with Crippen molar-refractivity contribution < 1.29 is 19.4 Å². The highest BCUT2D eigenvalue weighted by Gasteiger charge is 2.26. The Labute approximate surface area is 112 Å². The zero-order valence-corrected chi connectivity index (χ0v) is 11.5. The summed E-state index contributed by atoms with van der Waals surface area (Å²) in [5.41, 5.74) is 1.39. The molecule has 104 valence electrons. The molecule has 1 aromatic rings. The van der Waals surface area contributed by atoms with E-state index >= 15 is 0 Å². The lowest BCUT2D eigenvalue weighted by molar-refractivity contribution is 0.0764. The Balaban J connectivity index is 2.31. The van der Waals surface area contributed by atoms with E-state index in [9.17, 15) is 9.90 Å². The predicted molar refractivity (Wildman–Crippen MR) is 70.8 cm³/mol. The molecule has 2 rings (SSSR count). The molecule has 1 heterocycles. The van der Waals surface area contributed by atoms with E-state index in [1.54, 1.807) is 31.3 Å². The normalized spacial score (nSPS) is 18.5. The number of hydrogen-bond donors (Lipinski definition) is 1. The Morgan fingerprint density at radius 2 is 1.89 bits per heavy atom. The van der Waals surface area contributed by atoms with Crippen molar-refractivity contribution in [1.82, 2.24) is 4.90 Å². The molecule has 19 heavy (non-hydrogen) atoms. The van der Waals surface area contributed by atoms with Crippen LogP contribution < -0.4 is 9.47 Å². The molecule has 5 nitrogen and oxygen atoms in total. The third-order valence-electron chi connectivity index (χ3n) is 3.45. The number of carbonyl (C=O) groups excluding carboxylic acids is 1. The van der Waals surface area contributed by atoms with E-state index < -0.39 is 6.10 Å². The highest BCUT2D eigenvalue weighted by Crippen LogP contribution is 2.30. The van der Waals surface area contributed by atoms with Crippen molar-refractivity contribution in [3.05, 3.63) is 23.3 Å². The van der Waals surface area contributed by atoms with Crippen molar-refractivity contribution in [2.75, 3.05) is 27.3 Å². The highest BCUT2D eigenvalue weighted by atomic mass is 16.5. The van der Waals surface area contributed by atoms with Gasteiger partial charge in [-0.15, -0.1) is 0 Å². The molecule has 0 radical (unpaired) electrons. The van der Waals surface area contributed by atoms with Gasteiger partial charge in [0.15, 0.2) is 0 Å². The second-order valence-corrected chi connectivity index (χ2v) is 4.70. The standard InChI is InChI=1S/C14H19NO4/c1-9-12(18-2)6-10(7-13(9)19-3)14(17)15-5-4-11(16)8-15/h6-7,11,16H,4-5,8H2,1-3H3. The lowest BCUT2D eigenvalue weighted by atomic mass is 10.1. The van der Waals surface area contributed by atoms with Gasteiger partial charge in [-0.3, -0.25) is 4.79 Å². The summed E-state index contributed by atoms with van der Waals surface area (Å²) >= 11 is 0. The number of hydrogen-bond acceptors (Lipinski definition) is 4. The third-order valence-corrected chi connectivity index (χ3v) is 3.45. The van der Waals surface area contributed by atoms with E-state index in [1.165, 1.54) is 0 Å². The van der Waals surface area contributed by atoms with E-state index in [2.05, 4.69) is 0 Å². The molecular weight excluding hydrogens is 246 g/mol. The van der Waals surface area contributed by atoms with Crippen molar-refractivity contribution in [2.24, 2.45) is 0 Å². The third kappa shape index (κ3) is 2.66. The summed E-state index contributed by atoms with van der Waals surface area (Å²) in [6.07, 6.45) is 0.212. The monoisotopic (exact) mass is 265 g/mol. The number of benzene rings is 1. The van der Waals surface area contributed by atoms with Crippen LogP contribution in [0.25, 0.3) is 0 Å². The van der Waals surface area contributed by atoms with E-state index in [1.807, 2.05) is 6.92 Å². The summed E-state index contributed by atoms with van der Waals surface area (Å²) < 4.78 is 10.5. The van der Waals surface area contributed by atoms with E-state index in [0.29, 0.717) is 36.6 Å². The fourth-order valence-electron chi connectivity index (χ4n) is 2.32. The van der Waals surface area contributed by atoms with Gasteiger partial charge in [0.25, 0.3) is 5.91 Å². The molecular formula is C14H19NO4. The molecule has 0 bridgehead atoms. The van der Waals surface area contributed by atoms with Crippen LogP contribution in [0.1, 0.15) is 22.3 Å². The average Bonchev–Trinajstić information content (AvgIpc) is 2.85. The molecule has 0 aliphatic carbocycles. The lowest BCUT2D eigenvalue weighted by Crippen LogP contribution is -2.29. The molecule has 1 atom stereocenters. The fraction of sp³-hybridized carbons (Fsp3) is 0.500. The highest BCUT2D eigenvalue weighted by molar-refractivity contribution is 5.95. The molecule has 5 heteroatoms. The van der Waals surface area contributed by atoms with Gasteiger partial charge in [-0.2, -0.15) is 0 Å². The van der Waals surface area contributed by atoms with Gasteiger partial charge in [-0.1, -0.05) is 0 Å². The number of ether oxygens (including phenoxy) is 2. The summed E-state index contributed by atoms with van der Waals surface area (Å²) in [5, 5.41) is 9.50. The SMILES string of the molecule is COc1cc(C(=O)N2CCC(O)C2)cc(OC)c1C. The molecule has 1 N–H and O–H groups in total. The van der Waals surface area contributed by atoms with Crippen molar-refractivity contribution in [3.63, 3.8) is 0 Å². The first kappa shape index (κ1) is 13.7. The largest absolute Gasteiger partial charge is 0.496 e. The fourth-order valence-corrected chi connectivity index (χ4v) is 2.32. The topological polar surface area (TPSA) is 59.0 Å². The van der Waals surface area contributed by atoms with Gasteiger partial charge in [0.1, 0.15) is 11.5 Å². The van der Waals surface area contributed by atoms with Crippen LogP contribution in [-0.4, -0.2) is 49.3 Å². The minimum atomic E-state index is -0.418. The molecule has 1 unspecified atom stereocenters. The van der Waals surface area contributed by atoms with Gasteiger partial charge in [-0.25, -0.2) is 0 Å². The summed E-state index contributed by atoms with van der Waals surface area (Å²) in [5.74, 6) is 1.15. The molecule has 1 amide bonds. The molecule has 0 saturated carbocycles. The molecule has 0 aromatic heterocycles. The maximum Gasteiger partial charge on any atom is 0.254 e. The van der Waals surface area contributed by atoms with Crippen molar-refractivity contribution in [3.8, 4) is 11.5 Å². The number of carbonyl (C=O) groups is 1. The maximum absolute atomic E-state index is 12.3. The maximum atomic E-state index is 12.3. The number of β-amino-alcohol motifs (C(OH)–C–C–N with tert-alkyl or cyclic N) is 1. The van der Waals surface area contributed by atoms with Crippen LogP contribution in [0, 0.1) is 6.92 Å². The number of amides is 1. The van der Waals surface area contributed by atoms with Crippen molar-refractivity contribution in [2.45, 2.75) is 19.4 Å². The van der Waals surface area contributed by atoms with Crippen LogP contribution in [0.15, 0.2) is 12.1 Å². The second kappa shape index (κ2) is 5.48. The number of likely N-dealkylation sites (tertiary alicyclic amines) is 1. The van der Waals surface area contributed by atoms with Crippen LogP contribution in [0.5, 0.6) is 11.5 Å². The van der Waals surface area contributed by atoms with Gasteiger partial charge >= 0.3 is 0 Å². The second-order valence-electron chi connectivity index (χ2n) is 4.70. The van der Waals surface area contributed by atoms with Crippen LogP contribution >= 0.6 is 0 Å². The van der Waals surface area contributed by atoms with Gasteiger partial charge in [-0.05, 0) is 25.5 Å². The first-order valence-electron chi connectivity index (χ1n) is 6.26. The first-order chi connectivity index (χ1) is 9.06. The molecule has 1 aromatic carbocycles. The Hall–Kier alpha value is -1.75. The Kier molecular flexibility index (Phi) is 3.95. The zero-order chi connectivity index (χ0) is 14.0. The molecule has 1 aliphatic rings. The summed E-state index contributed by atoms with van der Waals surface area (Å²) in [6.45, 7) is 2.85. The summed E-state index contributed by atoms with van der Waals surface area (Å²) in [7, 11) is 3.13. The quantitative estimate of drug-likeness (QED) is 0.892. The zero-order valence-electron chi connectivity index (χ0n) is 11.5. The first-order valence-corrected chi connectivity index (χ1v) is 6.26. The molecule has 1 saturated heterocycles. The number of rotatable bonds is 3. The smallest absolute Gasteiger partial charge is 0.254 e. The number of methoxy groups -OCH3 is 2. The number of aliphatic hydroxyl groups excluding tert-OH is 1. The number of aliphatic hydroxyl groups is 1. The number of nitrogens with zero attached hydrogens (tertiary/aromatic N) is 1. The minimum absolute atomic E-state index is 0.104. The Bertz CT molecular complexity index is 461. The van der Waals surface area contributed by atoms with E-state index in [4.69, 9.17) is 9.47 Å². The molecule has 1 aliphatic heterocycles. The van der Waals surface area contributed by atoms with Gasteiger partial charge in [0, 0.05) is 24.2 Å². The molecule has 0 spiro atoms. The Morgan fingerprint density at radius 1 is 1.32 bits per heavy atom. The van der Waals surface area contributed by atoms with Crippen LogP contribution in [0.3, 0.4) is 0 Å². The van der Waals surface area contributed by atoms with Crippen molar-refractivity contribution in [1.29, 1.82) is 0 Å². The van der Waals surface area contributed by atoms with Gasteiger partial charge in [0.2, 0.25) is 0 Å². The summed E-state index contributed by atoms with van der Waals surface area (Å²) in [6, 6.07) is 3.43. The van der Waals surface area contributed by atoms with E-state index in [0.717, 1.165) is 5.56 Å². The predicted octanol–water partition coefficient (Wildman–Crippen LogP) is 1.22. The molecule has 1 fully saturated rings. The lowest BCUT2D eigenvalue weighted by Gasteiger charge is -2.18. The van der Waals surface area contributed by atoms with Gasteiger partial charge < -0.3 is 19.5 Å². The van der Waals surface area contributed by atoms with Crippen LogP contribution in [0.4, 0.5) is 0 Å².